The van der Waals surface area contributed by atoms with Gasteiger partial charge in [0.2, 0.25) is 0 Å². The van der Waals surface area contributed by atoms with E-state index in [2.05, 4.69) is 0 Å². The van der Waals surface area contributed by atoms with E-state index in [1.807, 2.05) is 98.7 Å². The quantitative estimate of drug-likeness (QED) is 0.311. The van der Waals surface area contributed by atoms with Gasteiger partial charge in [-0.25, -0.2) is 14.5 Å². The number of aliphatic hydroxyl groups is 1. The molecule has 3 aromatic carbocycles. The molecular weight excluding hydrogens is 530 g/mol. The number of hydrogen-bond acceptors (Lipinski definition) is 7. The lowest BCUT2D eigenvalue weighted by molar-refractivity contribution is -0.000269. The van der Waals surface area contributed by atoms with Gasteiger partial charge in [-0.15, -0.1) is 0 Å². The van der Waals surface area contributed by atoms with E-state index in [-0.39, 0.29) is 6.54 Å². The smallest absolute Gasteiger partial charge is 0.420 e. The Labute approximate surface area is 250 Å². The SMILES string of the molecule is CN(C)c1ccc(C(O)(c2ccc(CN(C(=O)OC(C)(C)C)C(=O)OC(C)(C)C)cc2)c2ccc(N(C)C)cc2)cc1. The highest BCUT2D eigenvalue weighted by atomic mass is 16.6. The molecule has 0 saturated carbocycles. The highest BCUT2D eigenvalue weighted by Crippen LogP contribution is 2.38. The van der Waals surface area contributed by atoms with Crippen molar-refractivity contribution < 1.29 is 24.2 Å². The van der Waals surface area contributed by atoms with Gasteiger partial charge >= 0.3 is 12.2 Å². The highest BCUT2D eigenvalue weighted by molar-refractivity contribution is 5.88. The molecule has 0 saturated heterocycles. The molecule has 0 spiro atoms. The maximum Gasteiger partial charge on any atom is 0.420 e. The Balaban J connectivity index is 2.02. The van der Waals surface area contributed by atoms with E-state index in [9.17, 15) is 14.7 Å². The molecule has 8 nitrogen and oxygen atoms in total. The Morgan fingerprint density at radius 3 is 1.19 bits per heavy atom. The molecule has 0 heterocycles. The van der Waals surface area contributed by atoms with Crippen LogP contribution >= 0.6 is 0 Å². The zero-order valence-electron chi connectivity index (χ0n) is 26.6. The summed E-state index contributed by atoms with van der Waals surface area (Å²) < 4.78 is 11.0. The van der Waals surface area contributed by atoms with Crippen LogP contribution in [0.2, 0.25) is 0 Å². The molecule has 8 heteroatoms. The Hall–Kier alpha value is -4.04. The van der Waals surface area contributed by atoms with Crippen molar-refractivity contribution in [1.82, 2.24) is 4.90 Å². The van der Waals surface area contributed by atoms with E-state index < -0.39 is 29.0 Å². The second kappa shape index (κ2) is 12.4. The van der Waals surface area contributed by atoms with Gasteiger partial charge in [-0.1, -0.05) is 48.5 Å². The summed E-state index contributed by atoms with van der Waals surface area (Å²) in [6, 6.07) is 22.8. The van der Waals surface area contributed by atoms with Gasteiger partial charge in [0.05, 0.1) is 6.54 Å². The van der Waals surface area contributed by atoms with Gasteiger partial charge in [-0.05, 0) is 88.1 Å². The fourth-order valence-corrected chi connectivity index (χ4v) is 4.37. The van der Waals surface area contributed by atoms with Gasteiger partial charge in [0.15, 0.2) is 0 Å². The summed E-state index contributed by atoms with van der Waals surface area (Å²) in [6.07, 6.45) is -1.58. The molecule has 1 N–H and O–H groups in total. The van der Waals surface area contributed by atoms with Crippen molar-refractivity contribution in [3.8, 4) is 0 Å². The lowest BCUT2D eigenvalue weighted by Crippen LogP contribution is -2.43. The summed E-state index contributed by atoms with van der Waals surface area (Å²) in [6.45, 7) is 10.4. The van der Waals surface area contributed by atoms with Gasteiger partial charge in [-0.3, -0.25) is 0 Å². The van der Waals surface area contributed by atoms with Gasteiger partial charge in [-0.2, -0.15) is 0 Å². The van der Waals surface area contributed by atoms with E-state index in [1.54, 1.807) is 53.7 Å². The van der Waals surface area contributed by atoms with Crippen molar-refractivity contribution in [1.29, 1.82) is 0 Å². The van der Waals surface area contributed by atoms with Crippen molar-refractivity contribution in [2.75, 3.05) is 38.0 Å². The topological polar surface area (TPSA) is 82.6 Å². The number of carbonyl (C=O) groups is 2. The summed E-state index contributed by atoms with van der Waals surface area (Å²) in [5, 5.41) is 12.4. The predicted molar refractivity (Wildman–Crippen MR) is 168 cm³/mol. The second-order valence-electron chi connectivity index (χ2n) is 12.8. The first kappa shape index (κ1) is 32.5. The number of amides is 2. The van der Waals surface area contributed by atoms with Crippen molar-refractivity contribution in [3.05, 3.63) is 95.1 Å². The molecule has 0 bridgehead atoms. The van der Waals surface area contributed by atoms with Crippen LogP contribution in [0.3, 0.4) is 0 Å². The molecule has 2 amide bonds. The molecule has 0 aliphatic rings. The van der Waals surface area contributed by atoms with Gasteiger partial charge < -0.3 is 24.4 Å². The first-order chi connectivity index (χ1) is 19.4. The molecule has 3 aromatic rings. The average Bonchev–Trinajstić information content (AvgIpc) is 2.89. The molecule has 226 valence electrons. The van der Waals surface area contributed by atoms with Crippen molar-refractivity contribution in [2.45, 2.75) is 64.9 Å². The molecule has 0 aromatic heterocycles. The van der Waals surface area contributed by atoms with Gasteiger partial charge in [0.1, 0.15) is 16.8 Å². The second-order valence-corrected chi connectivity index (χ2v) is 12.8. The number of rotatable bonds is 7. The summed E-state index contributed by atoms with van der Waals surface area (Å²) in [7, 11) is 7.88. The van der Waals surface area contributed by atoms with Crippen LogP contribution in [-0.4, -0.2) is 61.6 Å². The number of imide groups is 1. The largest absolute Gasteiger partial charge is 0.443 e. The van der Waals surface area contributed by atoms with Crippen LogP contribution < -0.4 is 9.80 Å². The number of ether oxygens (including phenoxy) is 2. The predicted octanol–water partition coefficient (Wildman–Crippen LogP) is 6.78. The van der Waals surface area contributed by atoms with E-state index in [0.717, 1.165) is 16.3 Å². The zero-order chi connectivity index (χ0) is 31.5. The van der Waals surface area contributed by atoms with Crippen LogP contribution in [0, 0.1) is 0 Å². The van der Waals surface area contributed by atoms with E-state index >= 15 is 0 Å². The van der Waals surface area contributed by atoms with Crippen LogP contribution in [-0.2, 0) is 21.6 Å². The Morgan fingerprint density at radius 2 is 0.905 bits per heavy atom. The molecule has 3 rings (SSSR count). The maximum atomic E-state index is 13.0. The van der Waals surface area contributed by atoms with Crippen LogP contribution in [0.25, 0.3) is 0 Å². The first-order valence-corrected chi connectivity index (χ1v) is 14.0. The average molecular weight is 576 g/mol. The lowest BCUT2D eigenvalue weighted by Gasteiger charge is -2.31. The minimum Gasteiger partial charge on any atom is -0.443 e. The summed E-state index contributed by atoms with van der Waals surface area (Å²) >= 11 is 0. The van der Waals surface area contributed by atoms with Crippen molar-refractivity contribution >= 4 is 23.6 Å². The standard InChI is InChI=1S/C34H45N3O5/c1-32(2,3)41-30(38)37(31(39)42-33(4,5)6)23-24-11-13-25(14-12-24)34(40,26-15-19-28(20-16-26)35(7)8)27-17-21-29(22-18-27)36(9)10/h11-22,40H,23H2,1-10H3. The Kier molecular flexibility index (Phi) is 9.63. The fourth-order valence-electron chi connectivity index (χ4n) is 4.37. The van der Waals surface area contributed by atoms with Gasteiger partial charge in [0, 0.05) is 39.6 Å². The van der Waals surface area contributed by atoms with Crippen LogP contribution in [0.15, 0.2) is 72.8 Å². The molecular formula is C34H45N3O5. The zero-order valence-corrected chi connectivity index (χ0v) is 26.6. The third kappa shape index (κ3) is 8.03. The number of nitrogens with zero attached hydrogens (tertiary/aromatic N) is 3. The number of hydrogen-bond donors (Lipinski definition) is 1. The molecule has 0 aliphatic heterocycles. The molecule has 0 fully saturated rings. The minimum absolute atomic E-state index is 0.0579. The number of anilines is 2. The van der Waals surface area contributed by atoms with E-state index in [0.29, 0.717) is 22.3 Å². The van der Waals surface area contributed by atoms with Crippen molar-refractivity contribution in [2.24, 2.45) is 0 Å². The Bertz CT molecular complexity index is 1270. The third-order valence-electron chi connectivity index (χ3n) is 6.54. The normalized spacial score (nSPS) is 12.0. The number of benzene rings is 3. The van der Waals surface area contributed by atoms with E-state index in [4.69, 9.17) is 9.47 Å². The Morgan fingerprint density at radius 1 is 0.595 bits per heavy atom. The monoisotopic (exact) mass is 575 g/mol. The van der Waals surface area contributed by atoms with E-state index in [1.165, 1.54) is 0 Å². The minimum atomic E-state index is -1.45. The summed E-state index contributed by atoms with van der Waals surface area (Å²) in [5.41, 5.74) is 1.73. The molecule has 0 atom stereocenters. The fraction of sp³-hybridized carbons (Fsp3) is 0.412. The summed E-state index contributed by atoms with van der Waals surface area (Å²) in [4.78, 5) is 31.0. The van der Waals surface area contributed by atoms with Crippen LogP contribution in [0.5, 0.6) is 0 Å². The highest BCUT2D eigenvalue weighted by Gasteiger charge is 2.35. The molecule has 42 heavy (non-hydrogen) atoms. The third-order valence-corrected chi connectivity index (χ3v) is 6.54. The molecule has 0 unspecified atom stereocenters. The number of carbonyl (C=O) groups excluding carboxylic acids is 2. The summed E-state index contributed by atoms with van der Waals surface area (Å²) in [5.74, 6) is 0. The first-order valence-electron chi connectivity index (χ1n) is 14.0. The van der Waals surface area contributed by atoms with Crippen molar-refractivity contribution in [3.63, 3.8) is 0 Å². The van der Waals surface area contributed by atoms with Gasteiger partial charge in [0.25, 0.3) is 0 Å². The van der Waals surface area contributed by atoms with Crippen LogP contribution in [0.4, 0.5) is 21.0 Å². The molecule has 0 aliphatic carbocycles. The lowest BCUT2D eigenvalue weighted by atomic mass is 9.80. The maximum absolute atomic E-state index is 13.0. The van der Waals surface area contributed by atoms with Crippen LogP contribution in [0.1, 0.15) is 63.8 Å². The molecule has 0 radical (unpaired) electrons.